The first kappa shape index (κ1) is 20.1. The number of aryl methyl sites for hydroxylation is 1. The predicted molar refractivity (Wildman–Crippen MR) is 117 cm³/mol. The molecule has 0 N–H and O–H groups in total. The molecule has 27 heavy (non-hydrogen) atoms. The molecule has 1 fully saturated rings. The van der Waals surface area contributed by atoms with E-state index in [1.165, 1.54) is 42.9 Å². The zero-order valence-corrected chi connectivity index (χ0v) is 18.5. The Morgan fingerprint density at radius 3 is 2.33 bits per heavy atom. The van der Waals surface area contributed by atoms with E-state index >= 15 is 0 Å². The van der Waals surface area contributed by atoms with E-state index in [2.05, 4.69) is 61.0 Å². The second-order valence-electron chi connectivity index (χ2n) is 9.34. The van der Waals surface area contributed by atoms with Gasteiger partial charge in [-0.3, -0.25) is 4.98 Å². The monoisotopic (exact) mass is 381 g/mol. The first-order valence-corrected chi connectivity index (χ1v) is 14.2. The van der Waals surface area contributed by atoms with Crippen LogP contribution in [0.25, 0.3) is 0 Å². The van der Waals surface area contributed by atoms with E-state index in [1.54, 1.807) is 0 Å². The van der Waals surface area contributed by atoms with E-state index < -0.39 is 8.07 Å². The number of methoxy groups -OCH3 is 1. The Morgan fingerprint density at radius 1 is 1.00 bits per heavy atom. The highest BCUT2D eigenvalue weighted by Crippen LogP contribution is 2.38. The topological polar surface area (TPSA) is 22.1 Å². The highest BCUT2D eigenvalue weighted by Gasteiger charge is 2.24. The maximum Gasteiger partial charge on any atom is 0.143 e. The van der Waals surface area contributed by atoms with E-state index in [1.807, 2.05) is 13.3 Å². The van der Waals surface area contributed by atoms with Gasteiger partial charge < -0.3 is 4.74 Å². The van der Waals surface area contributed by atoms with Gasteiger partial charge in [0, 0.05) is 14.3 Å². The highest BCUT2D eigenvalue weighted by molar-refractivity contribution is 6.76. The van der Waals surface area contributed by atoms with Crippen LogP contribution in [0.3, 0.4) is 0 Å². The standard InChI is InChI=1S/C24H35NOSi/c1-26-24-22(14-16-25-23(24)15-17-27(2,3)4)18-19-10-12-21(13-11-19)20-8-6-5-7-9-20/h5-9,14,16,19,21H,10-13,15,17-18H2,1-4H3. The summed E-state index contributed by atoms with van der Waals surface area (Å²) >= 11 is 0. The molecule has 0 radical (unpaired) electrons. The average Bonchev–Trinajstić information content (AvgIpc) is 2.67. The molecule has 0 spiro atoms. The summed E-state index contributed by atoms with van der Waals surface area (Å²) in [6, 6.07) is 14.5. The molecular formula is C24H35NOSi. The van der Waals surface area contributed by atoms with Crippen LogP contribution < -0.4 is 4.74 Å². The molecule has 1 saturated carbocycles. The fourth-order valence-corrected chi connectivity index (χ4v) is 5.34. The first-order chi connectivity index (χ1) is 13.0. The number of hydrogen-bond donors (Lipinski definition) is 0. The Morgan fingerprint density at radius 2 is 1.70 bits per heavy atom. The molecular weight excluding hydrogens is 346 g/mol. The van der Waals surface area contributed by atoms with Crippen molar-refractivity contribution in [2.24, 2.45) is 5.92 Å². The second-order valence-corrected chi connectivity index (χ2v) is 15.0. The Labute approximate surface area is 166 Å². The van der Waals surface area contributed by atoms with E-state index in [0.717, 1.165) is 36.1 Å². The summed E-state index contributed by atoms with van der Waals surface area (Å²) in [4.78, 5) is 4.66. The summed E-state index contributed by atoms with van der Waals surface area (Å²) in [7, 11) is 0.739. The summed E-state index contributed by atoms with van der Waals surface area (Å²) in [5.74, 6) is 2.57. The lowest BCUT2D eigenvalue weighted by molar-refractivity contribution is 0.319. The highest BCUT2D eigenvalue weighted by atomic mass is 28.3. The number of pyridine rings is 1. The van der Waals surface area contributed by atoms with Crippen LogP contribution in [-0.2, 0) is 12.8 Å². The molecule has 0 atom stereocenters. The third-order valence-corrected chi connectivity index (χ3v) is 7.75. The van der Waals surface area contributed by atoms with Crippen molar-refractivity contribution in [2.45, 2.75) is 70.1 Å². The van der Waals surface area contributed by atoms with E-state index in [0.29, 0.717) is 0 Å². The van der Waals surface area contributed by atoms with Gasteiger partial charge in [0.15, 0.2) is 0 Å². The molecule has 3 rings (SSSR count). The Bertz CT molecular complexity index is 715. The van der Waals surface area contributed by atoms with E-state index in [4.69, 9.17) is 4.74 Å². The Balaban J connectivity index is 1.62. The molecule has 0 unspecified atom stereocenters. The van der Waals surface area contributed by atoms with Gasteiger partial charge >= 0.3 is 0 Å². The predicted octanol–water partition coefficient (Wildman–Crippen LogP) is 6.49. The van der Waals surface area contributed by atoms with Crippen molar-refractivity contribution in [1.82, 2.24) is 4.98 Å². The third-order valence-electron chi connectivity index (χ3n) is 6.00. The molecule has 2 aromatic rings. The largest absolute Gasteiger partial charge is 0.495 e. The molecule has 146 valence electrons. The van der Waals surface area contributed by atoms with Gasteiger partial charge in [-0.2, -0.15) is 0 Å². The number of nitrogens with zero attached hydrogens (tertiary/aromatic N) is 1. The molecule has 1 aromatic carbocycles. The zero-order valence-electron chi connectivity index (χ0n) is 17.5. The maximum atomic E-state index is 5.83. The lowest BCUT2D eigenvalue weighted by atomic mass is 9.76. The SMILES string of the molecule is COc1c(CC2CCC(c3ccccc3)CC2)ccnc1CC[Si](C)(C)C. The molecule has 1 aliphatic rings. The molecule has 0 aliphatic heterocycles. The van der Waals surface area contributed by atoms with Gasteiger partial charge in [0.05, 0.1) is 12.8 Å². The summed E-state index contributed by atoms with van der Waals surface area (Å²) in [6.07, 6.45) is 9.42. The first-order valence-electron chi connectivity index (χ1n) is 10.5. The molecule has 0 saturated heterocycles. The van der Waals surface area contributed by atoms with Gasteiger partial charge in [-0.25, -0.2) is 0 Å². The average molecular weight is 382 g/mol. The summed E-state index contributed by atoms with van der Waals surface area (Å²) in [5.41, 5.74) is 4.04. The quantitative estimate of drug-likeness (QED) is 0.512. The van der Waals surface area contributed by atoms with Gasteiger partial charge in [-0.05, 0) is 67.6 Å². The minimum absolute atomic E-state index is 0.745. The Hall–Kier alpha value is -1.61. The molecule has 3 heteroatoms. The van der Waals surface area contributed by atoms with Crippen LogP contribution in [0.2, 0.25) is 25.7 Å². The molecule has 1 aliphatic carbocycles. The third kappa shape index (κ3) is 5.68. The lowest BCUT2D eigenvalue weighted by Gasteiger charge is -2.29. The van der Waals surface area contributed by atoms with Gasteiger partial charge in [-0.15, -0.1) is 0 Å². The molecule has 0 bridgehead atoms. The van der Waals surface area contributed by atoms with Crippen LogP contribution in [0.5, 0.6) is 5.75 Å². The molecule has 2 nitrogen and oxygen atoms in total. The van der Waals surface area contributed by atoms with Crippen molar-refractivity contribution in [2.75, 3.05) is 7.11 Å². The fourth-order valence-electron chi connectivity index (χ4n) is 4.35. The van der Waals surface area contributed by atoms with Gasteiger partial charge in [0.25, 0.3) is 0 Å². The van der Waals surface area contributed by atoms with Crippen molar-refractivity contribution >= 4 is 8.07 Å². The Kier molecular flexibility index (Phi) is 6.75. The summed E-state index contributed by atoms with van der Waals surface area (Å²) in [6.45, 7) is 7.28. The number of rotatable bonds is 7. The number of hydrogen-bond acceptors (Lipinski definition) is 2. The van der Waals surface area contributed by atoms with Crippen LogP contribution >= 0.6 is 0 Å². The lowest BCUT2D eigenvalue weighted by Crippen LogP contribution is -2.20. The van der Waals surface area contributed by atoms with Crippen LogP contribution in [0.4, 0.5) is 0 Å². The fraction of sp³-hybridized carbons (Fsp3) is 0.542. The van der Waals surface area contributed by atoms with E-state index in [9.17, 15) is 0 Å². The molecule has 1 aromatic heterocycles. The molecule has 0 amide bonds. The zero-order chi connectivity index (χ0) is 19.3. The van der Waals surface area contributed by atoms with Crippen molar-refractivity contribution in [3.05, 3.63) is 59.4 Å². The van der Waals surface area contributed by atoms with Gasteiger partial charge in [0.1, 0.15) is 5.75 Å². The summed E-state index contributed by atoms with van der Waals surface area (Å²) in [5, 5.41) is 0. The van der Waals surface area contributed by atoms with Crippen molar-refractivity contribution in [3.8, 4) is 5.75 Å². The maximum absolute atomic E-state index is 5.83. The van der Waals surface area contributed by atoms with Gasteiger partial charge in [-0.1, -0.05) is 56.0 Å². The normalized spacial score (nSPS) is 20.4. The van der Waals surface area contributed by atoms with Crippen molar-refractivity contribution < 1.29 is 4.74 Å². The minimum Gasteiger partial charge on any atom is -0.495 e. The van der Waals surface area contributed by atoms with Gasteiger partial charge in [0.2, 0.25) is 0 Å². The van der Waals surface area contributed by atoms with E-state index in [-0.39, 0.29) is 0 Å². The smallest absolute Gasteiger partial charge is 0.143 e. The van der Waals surface area contributed by atoms with Crippen LogP contribution in [-0.4, -0.2) is 20.2 Å². The number of ether oxygens (including phenoxy) is 1. The molecule has 1 heterocycles. The van der Waals surface area contributed by atoms with Crippen LogP contribution in [0.15, 0.2) is 42.6 Å². The second kappa shape index (κ2) is 9.05. The van der Waals surface area contributed by atoms with Crippen LogP contribution in [0, 0.1) is 5.92 Å². The van der Waals surface area contributed by atoms with Crippen LogP contribution in [0.1, 0.15) is 48.4 Å². The minimum atomic E-state index is -1.07. The number of aromatic nitrogens is 1. The number of benzene rings is 1. The van der Waals surface area contributed by atoms with Crippen molar-refractivity contribution in [1.29, 1.82) is 0 Å². The van der Waals surface area contributed by atoms with Crippen molar-refractivity contribution in [3.63, 3.8) is 0 Å². The summed E-state index contributed by atoms with van der Waals surface area (Å²) < 4.78 is 5.83.